The summed E-state index contributed by atoms with van der Waals surface area (Å²) in [5.74, 6) is -1.93. The highest BCUT2D eigenvalue weighted by Gasteiger charge is 2.26. The van der Waals surface area contributed by atoms with Gasteiger partial charge in [0.25, 0.3) is 5.91 Å². The SMILES string of the molecule is O=C(COc1cc(F)ccc1[N+](=O)[O-])Nc1cc(S(=O)(=O)N2CCCCC2)ccc1Cl. The molecule has 1 heterocycles. The van der Waals surface area contributed by atoms with E-state index in [1.54, 1.807) is 0 Å². The van der Waals surface area contributed by atoms with Crippen LogP contribution in [0, 0.1) is 15.9 Å². The fourth-order valence-electron chi connectivity index (χ4n) is 3.10. The lowest BCUT2D eigenvalue weighted by Gasteiger charge is -2.26. The van der Waals surface area contributed by atoms with Crippen LogP contribution in [0.2, 0.25) is 5.02 Å². The maximum Gasteiger partial charge on any atom is 0.311 e. The molecule has 0 aliphatic carbocycles. The van der Waals surface area contributed by atoms with Crippen LogP contribution in [0.1, 0.15) is 19.3 Å². The molecular formula is C19H19ClFN3O6S. The second-order valence-electron chi connectivity index (χ2n) is 6.81. The van der Waals surface area contributed by atoms with Crippen LogP contribution in [0.4, 0.5) is 15.8 Å². The van der Waals surface area contributed by atoms with Crippen molar-refractivity contribution in [3.63, 3.8) is 0 Å². The summed E-state index contributed by atoms with van der Waals surface area (Å²) in [6, 6.07) is 6.58. The van der Waals surface area contributed by atoms with Crippen molar-refractivity contribution < 1.29 is 27.3 Å². The third-order valence-corrected chi connectivity index (χ3v) is 6.87. The number of carbonyl (C=O) groups is 1. The summed E-state index contributed by atoms with van der Waals surface area (Å²) in [4.78, 5) is 22.5. The monoisotopic (exact) mass is 471 g/mol. The molecule has 166 valence electrons. The van der Waals surface area contributed by atoms with Gasteiger partial charge in [0, 0.05) is 25.2 Å². The number of anilines is 1. The largest absolute Gasteiger partial charge is 0.477 e. The smallest absolute Gasteiger partial charge is 0.311 e. The number of halogens is 2. The van der Waals surface area contributed by atoms with E-state index in [9.17, 15) is 27.7 Å². The number of piperidine rings is 1. The van der Waals surface area contributed by atoms with E-state index in [2.05, 4.69) is 5.32 Å². The molecule has 1 aliphatic rings. The zero-order chi connectivity index (χ0) is 22.6. The molecule has 0 atom stereocenters. The third-order valence-electron chi connectivity index (χ3n) is 4.64. The molecule has 2 aromatic carbocycles. The summed E-state index contributed by atoms with van der Waals surface area (Å²) in [6.45, 7) is 0.170. The molecule has 3 rings (SSSR count). The first kappa shape index (κ1) is 22.9. The molecule has 1 N–H and O–H groups in total. The summed E-state index contributed by atoms with van der Waals surface area (Å²) in [5.41, 5.74) is -0.455. The quantitative estimate of drug-likeness (QED) is 0.487. The maximum absolute atomic E-state index is 13.4. The van der Waals surface area contributed by atoms with E-state index in [1.807, 2.05) is 0 Å². The summed E-state index contributed by atoms with van der Waals surface area (Å²) in [7, 11) is -3.74. The fourth-order valence-corrected chi connectivity index (χ4v) is 4.81. The van der Waals surface area contributed by atoms with Crippen molar-refractivity contribution in [1.29, 1.82) is 0 Å². The van der Waals surface area contributed by atoms with Crippen LogP contribution in [0.25, 0.3) is 0 Å². The minimum Gasteiger partial charge on any atom is -0.477 e. The van der Waals surface area contributed by atoms with Gasteiger partial charge in [0.15, 0.2) is 6.61 Å². The Balaban J connectivity index is 1.73. The molecule has 12 heteroatoms. The van der Waals surface area contributed by atoms with E-state index in [-0.39, 0.29) is 15.6 Å². The number of amides is 1. The molecule has 31 heavy (non-hydrogen) atoms. The van der Waals surface area contributed by atoms with Gasteiger partial charge in [-0.25, -0.2) is 12.8 Å². The van der Waals surface area contributed by atoms with Gasteiger partial charge in [0.1, 0.15) is 5.82 Å². The normalized spacial score (nSPS) is 14.8. The van der Waals surface area contributed by atoms with Crippen molar-refractivity contribution in [2.75, 3.05) is 25.0 Å². The maximum atomic E-state index is 13.4. The number of hydrogen-bond acceptors (Lipinski definition) is 6. The number of sulfonamides is 1. The predicted octanol–water partition coefficient (Wildman–Crippen LogP) is 3.58. The predicted molar refractivity (Wildman–Crippen MR) is 111 cm³/mol. The number of rotatable bonds is 7. The molecule has 1 amide bonds. The summed E-state index contributed by atoms with van der Waals surface area (Å²) < 4.78 is 45.5. The number of hydrogen-bond donors (Lipinski definition) is 1. The third kappa shape index (κ3) is 5.49. The lowest BCUT2D eigenvalue weighted by atomic mass is 10.2. The van der Waals surface area contributed by atoms with Crippen LogP contribution in [-0.2, 0) is 14.8 Å². The molecule has 1 saturated heterocycles. The molecule has 1 fully saturated rings. The Hall–Kier alpha value is -2.76. The lowest BCUT2D eigenvalue weighted by molar-refractivity contribution is -0.385. The molecule has 2 aromatic rings. The second kappa shape index (κ2) is 9.58. The topological polar surface area (TPSA) is 119 Å². The number of nitrogens with zero attached hydrogens (tertiary/aromatic N) is 2. The van der Waals surface area contributed by atoms with E-state index in [0.29, 0.717) is 13.1 Å². The van der Waals surface area contributed by atoms with Crippen molar-refractivity contribution in [3.05, 3.63) is 57.4 Å². The van der Waals surface area contributed by atoms with E-state index < -0.39 is 44.7 Å². The number of ether oxygens (including phenoxy) is 1. The van der Waals surface area contributed by atoms with Crippen molar-refractivity contribution in [3.8, 4) is 5.75 Å². The minimum atomic E-state index is -3.74. The standard InChI is InChI=1S/C19H19ClFN3O6S/c20-15-6-5-14(31(28,29)23-8-2-1-3-9-23)11-16(15)22-19(25)12-30-18-10-13(21)4-7-17(18)24(26)27/h4-7,10-11H,1-3,8-9,12H2,(H,22,25). The zero-order valence-electron chi connectivity index (χ0n) is 16.2. The molecule has 0 unspecified atom stereocenters. The minimum absolute atomic E-state index is 0.0178. The highest BCUT2D eigenvalue weighted by molar-refractivity contribution is 7.89. The number of nitro benzene ring substituents is 1. The Morgan fingerprint density at radius 2 is 1.90 bits per heavy atom. The van der Waals surface area contributed by atoms with Gasteiger partial charge in [0.2, 0.25) is 15.8 Å². The van der Waals surface area contributed by atoms with Crippen molar-refractivity contribution in [2.24, 2.45) is 0 Å². The molecule has 1 aliphatic heterocycles. The van der Waals surface area contributed by atoms with E-state index in [1.165, 1.54) is 22.5 Å². The van der Waals surface area contributed by atoms with E-state index in [0.717, 1.165) is 37.5 Å². The second-order valence-corrected chi connectivity index (χ2v) is 9.16. The van der Waals surface area contributed by atoms with Gasteiger partial charge in [-0.15, -0.1) is 0 Å². The molecular weight excluding hydrogens is 453 g/mol. The lowest BCUT2D eigenvalue weighted by Crippen LogP contribution is -2.35. The highest BCUT2D eigenvalue weighted by Crippen LogP contribution is 2.29. The summed E-state index contributed by atoms with van der Waals surface area (Å²) >= 11 is 6.08. The molecule has 0 spiro atoms. The van der Waals surface area contributed by atoms with Crippen LogP contribution in [0.5, 0.6) is 5.75 Å². The number of nitrogens with one attached hydrogen (secondary N) is 1. The van der Waals surface area contributed by atoms with Gasteiger partial charge in [-0.05, 0) is 37.1 Å². The van der Waals surface area contributed by atoms with Crippen LogP contribution < -0.4 is 10.1 Å². The molecule has 9 nitrogen and oxygen atoms in total. The first-order valence-electron chi connectivity index (χ1n) is 9.35. The van der Waals surface area contributed by atoms with Crippen molar-refractivity contribution in [1.82, 2.24) is 4.31 Å². The Labute approximate surface area is 183 Å². The van der Waals surface area contributed by atoms with Gasteiger partial charge in [0.05, 0.1) is 20.5 Å². The van der Waals surface area contributed by atoms with Gasteiger partial charge in [-0.3, -0.25) is 14.9 Å². The fraction of sp³-hybridized carbons (Fsp3) is 0.316. The van der Waals surface area contributed by atoms with Crippen molar-refractivity contribution in [2.45, 2.75) is 24.2 Å². The van der Waals surface area contributed by atoms with Crippen LogP contribution >= 0.6 is 11.6 Å². The van der Waals surface area contributed by atoms with Gasteiger partial charge in [-0.1, -0.05) is 18.0 Å². The Bertz CT molecular complexity index is 1110. The van der Waals surface area contributed by atoms with Gasteiger partial charge in [-0.2, -0.15) is 4.31 Å². The molecule has 0 radical (unpaired) electrons. The number of carbonyl (C=O) groups excluding carboxylic acids is 1. The Morgan fingerprint density at radius 3 is 2.58 bits per heavy atom. The first-order chi connectivity index (χ1) is 14.7. The first-order valence-corrected chi connectivity index (χ1v) is 11.2. The van der Waals surface area contributed by atoms with Crippen LogP contribution in [-0.4, -0.2) is 43.2 Å². The average molecular weight is 472 g/mol. The zero-order valence-corrected chi connectivity index (χ0v) is 17.8. The van der Waals surface area contributed by atoms with Crippen LogP contribution in [0.3, 0.4) is 0 Å². The van der Waals surface area contributed by atoms with Gasteiger partial charge >= 0.3 is 5.69 Å². The summed E-state index contributed by atoms with van der Waals surface area (Å²) in [6.07, 6.45) is 2.53. The molecule has 0 saturated carbocycles. The van der Waals surface area contributed by atoms with E-state index >= 15 is 0 Å². The number of benzene rings is 2. The van der Waals surface area contributed by atoms with Crippen molar-refractivity contribution >= 4 is 38.9 Å². The highest BCUT2D eigenvalue weighted by atomic mass is 35.5. The molecule has 0 aromatic heterocycles. The Kier molecular flexibility index (Phi) is 7.08. The molecule has 0 bridgehead atoms. The van der Waals surface area contributed by atoms with E-state index in [4.69, 9.17) is 16.3 Å². The van der Waals surface area contributed by atoms with Crippen LogP contribution in [0.15, 0.2) is 41.3 Å². The van der Waals surface area contributed by atoms with Gasteiger partial charge < -0.3 is 10.1 Å². The Morgan fingerprint density at radius 1 is 1.19 bits per heavy atom. The number of nitro groups is 1. The average Bonchev–Trinajstić information content (AvgIpc) is 2.74. The summed E-state index contributed by atoms with van der Waals surface area (Å²) in [5, 5.41) is 13.5.